The number of aryl methyl sites for hydroxylation is 1. The second-order valence-electron chi connectivity index (χ2n) is 7.56. The van der Waals surface area contributed by atoms with Crippen LogP contribution in [0.2, 0.25) is 0 Å². The minimum Gasteiger partial charge on any atom is -0.486 e. The molecular formula is C23H23FN2O3. The Morgan fingerprint density at radius 1 is 1.07 bits per heavy atom. The number of halogens is 1. The molecule has 0 fully saturated rings. The molecule has 1 atom stereocenters. The topological polar surface area (TPSA) is 60.5 Å². The van der Waals surface area contributed by atoms with Gasteiger partial charge in [-0.1, -0.05) is 19.9 Å². The number of pyridine rings is 1. The Balaban J connectivity index is 1.63. The molecule has 0 spiro atoms. The van der Waals surface area contributed by atoms with Crippen molar-refractivity contribution >= 4 is 16.8 Å². The van der Waals surface area contributed by atoms with Gasteiger partial charge >= 0.3 is 0 Å². The molecule has 6 heteroatoms. The van der Waals surface area contributed by atoms with E-state index >= 15 is 0 Å². The van der Waals surface area contributed by atoms with Gasteiger partial charge in [0.25, 0.3) is 5.91 Å². The molecule has 29 heavy (non-hydrogen) atoms. The van der Waals surface area contributed by atoms with Gasteiger partial charge in [0.05, 0.1) is 22.8 Å². The summed E-state index contributed by atoms with van der Waals surface area (Å²) in [4.78, 5) is 17.5. The Bertz CT molecular complexity index is 1080. The molecule has 3 aromatic rings. The molecule has 5 nitrogen and oxygen atoms in total. The summed E-state index contributed by atoms with van der Waals surface area (Å²) in [5.74, 6) is 1.01. The van der Waals surface area contributed by atoms with Crippen LogP contribution in [0.4, 0.5) is 4.39 Å². The number of carbonyl (C=O) groups excluding carboxylic acids is 1. The van der Waals surface area contributed by atoms with Gasteiger partial charge < -0.3 is 14.8 Å². The lowest BCUT2D eigenvalue weighted by Gasteiger charge is -2.25. The summed E-state index contributed by atoms with van der Waals surface area (Å²) < 4.78 is 24.7. The van der Waals surface area contributed by atoms with Crippen molar-refractivity contribution in [3.63, 3.8) is 0 Å². The van der Waals surface area contributed by atoms with Crippen molar-refractivity contribution in [1.29, 1.82) is 0 Å². The van der Waals surface area contributed by atoms with Crippen molar-refractivity contribution in [3.05, 3.63) is 65.1 Å². The third-order valence-electron chi connectivity index (χ3n) is 5.09. The Kier molecular flexibility index (Phi) is 5.09. The molecule has 0 aliphatic carbocycles. The average molecular weight is 394 g/mol. The van der Waals surface area contributed by atoms with E-state index in [2.05, 4.69) is 24.1 Å². The molecule has 1 aliphatic rings. The fourth-order valence-corrected chi connectivity index (χ4v) is 3.57. The Hall–Kier alpha value is -3.15. The summed E-state index contributed by atoms with van der Waals surface area (Å²) in [6.07, 6.45) is 0. The van der Waals surface area contributed by atoms with Crippen LogP contribution in [0, 0.1) is 18.7 Å². The largest absolute Gasteiger partial charge is 0.486 e. The number of rotatable bonds is 4. The molecule has 1 aromatic heterocycles. The molecule has 1 aliphatic heterocycles. The second-order valence-corrected chi connectivity index (χ2v) is 7.56. The number of hydrogen-bond acceptors (Lipinski definition) is 4. The van der Waals surface area contributed by atoms with Crippen LogP contribution in [-0.4, -0.2) is 24.1 Å². The molecule has 0 bridgehead atoms. The smallest absolute Gasteiger partial charge is 0.253 e. The third kappa shape index (κ3) is 3.88. The van der Waals surface area contributed by atoms with Crippen LogP contribution in [0.5, 0.6) is 11.5 Å². The lowest BCUT2D eigenvalue weighted by molar-refractivity contribution is 0.0924. The zero-order valence-corrected chi connectivity index (χ0v) is 16.7. The normalized spacial score (nSPS) is 14.1. The summed E-state index contributed by atoms with van der Waals surface area (Å²) in [6, 6.07) is 11.7. The van der Waals surface area contributed by atoms with E-state index in [0.717, 1.165) is 16.7 Å². The van der Waals surface area contributed by atoms with Gasteiger partial charge in [-0.3, -0.25) is 9.78 Å². The van der Waals surface area contributed by atoms with Crippen molar-refractivity contribution < 1.29 is 18.7 Å². The average Bonchev–Trinajstić information content (AvgIpc) is 2.70. The van der Waals surface area contributed by atoms with Gasteiger partial charge in [0.2, 0.25) is 0 Å². The van der Waals surface area contributed by atoms with Crippen LogP contribution < -0.4 is 14.8 Å². The fourth-order valence-electron chi connectivity index (χ4n) is 3.57. The van der Waals surface area contributed by atoms with Crippen LogP contribution in [0.3, 0.4) is 0 Å². The molecule has 1 N–H and O–H groups in total. The number of amides is 1. The first-order valence-electron chi connectivity index (χ1n) is 9.69. The zero-order valence-electron chi connectivity index (χ0n) is 16.7. The monoisotopic (exact) mass is 394 g/mol. The standard InChI is InChI=1S/C23H23FN2O3/c1-13(2)22(16-5-7-20-21(11-16)29-9-8-28-20)26-23(27)18-10-15-4-6-17(24)12-19(15)25-14(18)3/h4-7,10-13,22H,8-9H2,1-3H3,(H,26,27). The van der Waals surface area contributed by atoms with Crippen LogP contribution in [0.1, 0.15) is 41.5 Å². The molecule has 1 unspecified atom stereocenters. The van der Waals surface area contributed by atoms with E-state index in [-0.39, 0.29) is 23.7 Å². The maximum absolute atomic E-state index is 13.5. The van der Waals surface area contributed by atoms with Crippen LogP contribution >= 0.6 is 0 Å². The molecule has 2 aromatic carbocycles. The number of fused-ring (bicyclic) bond motifs is 2. The number of nitrogens with zero attached hydrogens (tertiary/aromatic N) is 1. The highest BCUT2D eigenvalue weighted by Gasteiger charge is 2.23. The number of ether oxygens (including phenoxy) is 2. The molecule has 0 saturated heterocycles. The van der Waals surface area contributed by atoms with Crippen molar-refractivity contribution in [2.75, 3.05) is 13.2 Å². The second kappa shape index (κ2) is 7.70. The van der Waals surface area contributed by atoms with Gasteiger partial charge in [-0.05, 0) is 48.7 Å². The number of benzene rings is 2. The lowest BCUT2D eigenvalue weighted by Crippen LogP contribution is -2.32. The maximum Gasteiger partial charge on any atom is 0.253 e. The van der Waals surface area contributed by atoms with E-state index in [4.69, 9.17) is 9.47 Å². The van der Waals surface area contributed by atoms with E-state index < -0.39 is 0 Å². The number of nitrogens with one attached hydrogen (secondary N) is 1. The van der Waals surface area contributed by atoms with Crippen molar-refractivity contribution in [2.45, 2.75) is 26.8 Å². The summed E-state index contributed by atoms with van der Waals surface area (Å²) in [5.41, 5.74) is 2.52. The molecular weight excluding hydrogens is 371 g/mol. The highest BCUT2D eigenvalue weighted by atomic mass is 19.1. The Morgan fingerprint density at radius 2 is 1.83 bits per heavy atom. The van der Waals surface area contributed by atoms with E-state index in [1.165, 1.54) is 12.1 Å². The molecule has 4 rings (SSSR count). The first-order chi connectivity index (χ1) is 13.9. The van der Waals surface area contributed by atoms with E-state index in [9.17, 15) is 9.18 Å². The first-order valence-corrected chi connectivity index (χ1v) is 9.69. The molecule has 0 radical (unpaired) electrons. The van der Waals surface area contributed by atoms with E-state index in [1.54, 1.807) is 19.1 Å². The first kappa shape index (κ1) is 19.2. The maximum atomic E-state index is 13.5. The minimum absolute atomic E-state index is 0.157. The molecule has 150 valence electrons. The quantitative estimate of drug-likeness (QED) is 0.704. The highest BCUT2D eigenvalue weighted by molar-refractivity contribution is 5.98. The van der Waals surface area contributed by atoms with Gasteiger partial charge in [-0.25, -0.2) is 4.39 Å². The lowest BCUT2D eigenvalue weighted by atomic mass is 9.95. The molecule has 0 saturated carbocycles. The third-order valence-corrected chi connectivity index (χ3v) is 5.09. The van der Waals surface area contributed by atoms with Gasteiger partial charge in [-0.15, -0.1) is 0 Å². The van der Waals surface area contributed by atoms with Gasteiger partial charge in [0.15, 0.2) is 11.5 Å². The van der Waals surface area contributed by atoms with E-state index in [1.807, 2.05) is 18.2 Å². The highest BCUT2D eigenvalue weighted by Crippen LogP contribution is 2.34. The summed E-state index contributed by atoms with van der Waals surface area (Å²) in [5, 5.41) is 3.85. The predicted octanol–water partition coefficient (Wildman–Crippen LogP) is 4.58. The Labute approximate surface area is 168 Å². The molecule has 1 amide bonds. The number of carbonyl (C=O) groups is 1. The fraction of sp³-hybridized carbons (Fsp3) is 0.304. The minimum atomic E-state index is -0.347. The summed E-state index contributed by atoms with van der Waals surface area (Å²) in [6.45, 7) is 6.91. The molecule has 2 heterocycles. The SMILES string of the molecule is Cc1nc2cc(F)ccc2cc1C(=O)NC(c1ccc2c(c1)OCCO2)C(C)C. The number of hydrogen-bond donors (Lipinski definition) is 1. The predicted molar refractivity (Wildman–Crippen MR) is 109 cm³/mol. The van der Waals surface area contributed by atoms with Crippen molar-refractivity contribution in [2.24, 2.45) is 5.92 Å². The van der Waals surface area contributed by atoms with Gasteiger partial charge in [0, 0.05) is 11.5 Å². The number of aromatic nitrogens is 1. The van der Waals surface area contributed by atoms with Crippen molar-refractivity contribution in [3.8, 4) is 11.5 Å². The van der Waals surface area contributed by atoms with Crippen LogP contribution in [-0.2, 0) is 0 Å². The van der Waals surface area contributed by atoms with Crippen molar-refractivity contribution in [1.82, 2.24) is 10.3 Å². The summed E-state index contributed by atoms with van der Waals surface area (Å²) in [7, 11) is 0. The Morgan fingerprint density at radius 3 is 2.59 bits per heavy atom. The van der Waals surface area contributed by atoms with Gasteiger partial charge in [0.1, 0.15) is 19.0 Å². The van der Waals surface area contributed by atoms with Crippen LogP contribution in [0.25, 0.3) is 10.9 Å². The van der Waals surface area contributed by atoms with Gasteiger partial charge in [-0.2, -0.15) is 0 Å². The zero-order chi connectivity index (χ0) is 20.5. The van der Waals surface area contributed by atoms with E-state index in [0.29, 0.717) is 35.7 Å². The van der Waals surface area contributed by atoms with Crippen LogP contribution in [0.15, 0.2) is 42.5 Å². The summed E-state index contributed by atoms with van der Waals surface area (Å²) >= 11 is 0.